The summed E-state index contributed by atoms with van der Waals surface area (Å²) in [6, 6.07) is 0. The van der Waals surface area contributed by atoms with E-state index in [1.807, 2.05) is 21.1 Å². The number of phosphoric ester groups is 1. The van der Waals surface area contributed by atoms with Crippen molar-refractivity contribution in [1.29, 1.82) is 0 Å². The molecule has 0 aromatic rings. The summed E-state index contributed by atoms with van der Waals surface area (Å²) in [5.74, 6) is -0.335. The van der Waals surface area contributed by atoms with E-state index in [1.165, 1.54) is 70.6 Å². The first-order chi connectivity index (χ1) is 31.6. The summed E-state index contributed by atoms with van der Waals surface area (Å²) in [4.78, 5) is 23.0. The molecule has 0 heterocycles. The van der Waals surface area contributed by atoms with Gasteiger partial charge < -0.3 is 18.9 Å². The smallest absolute Gasteiger partial charge is 0.457 e. The molecule has 0 amide bonds. The highest BCUT2D eigenvalue weighted by Crippen LogP contribution is 2.43. The fraction of sp³-hybridized carbons (Fsp3) is 0.696. The van der Waals surface area contributed by atoms with Gasteiger partial charge in [0.05, 0.1) is 34.4 Å². The second-order valence-electron chi connectivity index (χ2n) is 18.2. The molecular weight excluding hydrogens is 830 g/mol. The van der Waals surface area contributed by atoms with E-state index >= 15 is 0 Å². The Morgan fingerprint density at radius 1 is 0.492 bits per heavy atom. The first-order valence-corrected chi connectivity index (χ1v) is 27.5. The van der Waals surface area contributed by atoms with Crippen molar-refractivity contribution in [2.45, 2.75) is 200 Å². The summed E-state index contributed by atoms with van der Waals surface area (Å²) >= 11 is 0. The van der Waals surface area contributed by atoms with Crippen LogP contribution in [-0.4, -0.2) is 75.6 Å². The number of likely N-dealkylation sites (N-methyl/N-ethyl adjacent to an activating group) is 1. The van der Waals surface area contributed by atoms with Gasteiger partial charge in [-0.05, 0) is 96.3 Å². The van der Waals surface area contributed by atoms with Gasteiger partial charge in [-0.2, -0.15) is 0 Å². The molecule has 65 heavy (non-hydrogen) atoms. The highest BCUT2D eigenvalue weighted by atomic mass is 31.2. The van der Waals surface area contributed by atoms with Gasteiger partial charge in [-0.1, -0.05) is 188 Å². The molecule has 2 unspecified atom stereocenters. The molecule has 0 aromatic carbocycles. The number of esters is 1. The molecular formula is C56H99NO7P+. The second kappa shape index (κ2) is 47.9. The van der Waals surface area contributed by atoms with Crippen LogP contribution < -0.4 is 0 Å². The Balaban J connectivity index is 4.24. The summed E-state index contributed by atoms with van der Waals surface area (Å²) in [6.07, 6.45) is 65.9. The number of quaternary nitrogens is 1. The lowest BCUT2D eigenvalue weighted by molar-refractivity contribution is -0.870. The first kappa shape index (κ1) is 62.4. The minimum Gasteiger partial charge on any atom is -0.457 e. The third-order valence-electron chi connectivity index (χ3n) is 10.6. The van der Waals surface area contributed by atoms with Crippen LogP contribution in [0.1, 0.15) is 194 Å². The van der Waals surface area contributed by atoms with E-state index in [0.717, 1.165) is 103 Å². The fourth-order valence-electron chi connectivity index (χ4n) is 6.64. The normalized spacial score (nSPS) is 14.4. The third-order valence-corrected chi connectivity index (χ3v) is 11.6. The molecule has 0 spiro atoms. The van der Waals surface area contributed by atoms with Gasteiger partial charge >= 0.3 is 13.8 Å². The van der Waals surface area contributed by atoms with Gasteiger partial charge in [0.25, 0.3) is 0 Å². The van der Waals surface area contributed by atoms with Crippen LogP contribution in [0.2, 0.25) is 0 Å². The van der Waals surface area contributed by atoms with Gasteiger partial charge in [0.1, 0.15) is 19.3 Å². The molecule has 0 bridgehead atoms. The van der Waals surface area contributed by atoms with E-state index in [-0.39, 0.29) is 25.8 Å². The third kappa shape index (κ3) is 52.3. The van der Waals surface area contributed by atoms with Crippen molar-refractivity contribution in [3.63, 3.8) is 0 Å². The minimum absolute atomic E-state index is 0.0769. The monoisotopic (exact) mass is 929 g/mol. The highest BCUT2D eigenvalue weighted by molar-refractivity contribution is 7.47. The zero-order valence-corrected chi connectivity index (χ0v) is 43.3. The summed E-state index contributed by atoms with van der Waals surface area (Å²) in [7, 11) is 1.63. The van der Waals surface area contributed by atoms with Crippen molar-refractivity contribution < 1.29 is 37.3 Å². The van der Waals surface area contributed by atoms with E-state index in [0.29, 0.717) is 24.1 Å². The predicted molar refractivity (Wildman–Crippen MR) is 279 cm³/mol. The number of hydrogen-bond acceptors (Lipinski definition) is 6. The number of allylic oxidation sites excluding steroid dienone is 16. The zero-order valence-electron chi connectivity index (χ0n) is 42.4. The van der Waals surface area contributed by atoms with Gasteiger partial charge in [-0.15, -0.1) is 0 Å². The molecule has 0 aromatic heterocycles. The number of unbranched alkanes of at least 4 members (excludes halogenated alkanes) is 17. The quantitative estimate of drug-likeness (QED) is 0.0214. The summed E-state index contributed by atoms with van der Waals surface area (Å²) in [5, 5.41) is 0. The maximum atomic E-state index is 12.8. The van der Waals surface area contributed by atoms with Crippen LogP contribution in [-0.2, 0) is 27.9 Å². The number of phosphoric acid groups is 1. The van der Waals surface area contributed by atoms with Gasteiger partial charge in [-0.3, -0.25) is 13.8 Å². The van der Waals surface area contributed by atoms with E-state index < -0.39 is 13.9 Å². The van der Waals surface area contributed by atoms with Crippen molar-refractivity contribution in [2.75, 3.05) is 54.1 Å². The van der Waals surface area contributed by atoms with Crippen molar-refractivity contribution in [3.05, 3.63) is 97.2 Å². The molecule has 374 valence electrons. The van der Waals surface area contributed by atoms with Crippen LogP contribution in [0.4, 0.5) is 0 Å². The van der Waals surface area contributed by atoms with E-state index in [9.17, 15) is 14.3 Å². The van der Waals surface area contributed by atoms with Crippen molar-refractivity contribution in [1.82, 2.24) is 0 Å². The largest absolute Gasteiger partial charge is 0.472 e. The molecule has 1 N–H and O–H groups in total. The number of nitrogens with zero attached hydrogens (tertiary/aromatic N) is 1. The molecule has 0 saturated heterocycles. The van der Waals surface area contributed by atoms with Crippen LogP contribution in [0.5, 0.6) is 0 Å². The van der Waals surface area contributed by atoms with Crippen LogP contribution in [0.3, 0.4) is 0 Å². The van der Waals surface area contributed by atoms with E-state index in [4.69, 9.17) is 18.5 Å². The average Bonchev–Trinajstić information content (AvgIpc) is 3.27. The summed E-state index contributed by atoms with van der Waals surface area (Å²) < 4.78 is 35.1. The van der Waals surface area contributed by atoms with Crippen molar-refractivity contribution in [3.8, 4) is 0 Å². The lowest BCUT2D eigenvalue weighted by Crippen LogP contribution is -2.37. The molecule has 2 atom stereocenters. The Bertz CT molecular complexity index is 1360. The molecule has 0 aliphatic rings. The van der Waals surface area contributed by atoms with E-state index in [1.54, 1.807) is 0 Å². The number of ether oxygens (including phenoxy) is 2. The summed E-state index contributed by atoms with van der Waals surface area (Å²) in [5.41, 5.74) is 0. The zero-order chi connectivity index (χ0) is 47.6. The number of carbonyl (C=O) groups excluding carboxylic acids is 1. The van der Waals surface area contributed by atoms with Crippen LogP contribution in [0.15, 0.2) is 97.2 Å². The maximum absolute atomic E-state index is 12.8. The molecule has 0 aliphatic carbocycles. The number of carbonyl (C=O) groups is 1. The average molecular weight is 929 g/mol. The topological polar surface area (TPSA) is 91.3 Å². The van der Waals surface area contributed by atoms with Gasteiger partial charge in [0.2, 0.25) is 0 Å². The first-order valence-electron chi connectivity index (χ1n) is 26.0. The Kier molecular flexibility index (Phi) is 46.0. The van der Waals surface area contributed by atoms with Gasteiger partial charge in [-0.25, -0.2) is 4.57 Å². The predicted octanol–water partition coefficient (Wildman–Crippen LogP) is 16.2. The lowest BCUT2D eigenvalue weighted by atomic mass is 10.1. The van der Waals surface area contributed by atoms with Crippen LogP contribution in [0, 0.1) is 0 Å². The Labute approximate surface area is 400 Å². The standard InChI is InChI=1S/C56H98NO7P/c1-6-8-10-12-14-16-18-20-22-24-26-28-30-32-34-36-38-40-42-44-46-48-51-61-53-55(54-63-65(59,60)62-52-50-57(3,4)5)64-56(58)49-47-45-43-41-39-37-35-33-31-29-27-25-23-21-19-17-15-13-11-9-7-2/h8,10,14,16,19-22,25-28,31-34,55H,6-7,9,11-13,15,17-18,23-24,29-30,35-54H2,1-5H3/p+1/b10-8-,16-14-,21-19-,22-20-,27-25-,28-26-,33-31-,34-32-. The number of hydrogen-bond donors (Lipinski definition) is 1. The SMILES string of the molecule is CC/C=C\C/C=C\C/C=C\C/C=C\C/C=C\CCCCCCCCOCC(COP(=O)(O)OCC[N+](C)(C)C)OC(=O)CCCCCCCC/C=C\C/C=C\C/C=C\CCCCCCC. The maximum Gasteiger partial charge on any atom is 0.472 e. The van der Waals surface area contributed by atoms with Crippen LogP contribution >= 0.6 is 7.82 Å². The number of rotatable bonds is 47. The highest BCUT2D eigenvalue weighted by Gasteiger charge is 2.26. The fourth-order valence-corrected chi connectivity index (χ4v) is 7.39. The van der Waals surface area contributed by atoms with Crippen molar-refractivity contribution in [2.24, 2.45) is 0 Å². The molecule has 9 heteroatoms. The van der Waals surface area contributed by atoms with E-state index in [2.05, 4.69) is 111 Å². The molecule has 0 saturated carbocycles. The van der Waals surface area contributed by atoms with Gasteiger partial charge in [0, 0.05) is 13.0 Å². The molecule has 0 aliphatic heterocycles. The molecule has 0 rings (SSSR count). The van der Waals surface area contributed by atoms with Crippen LogP contribution in [0.25, 0.3) is 0 Å². The lowest BCUT2D eigenvalue weighted by Gasteiger charge is -2.24. The Hall–Kier alpha value is -2.58. The second-order valence-corrected chi connectivity index (χ2v) is 19.6. The van der Waals surface area contributed by atoms with Crippen molar-refractivity contribution >= 4 is 13.8 Å². The van der Waals surface area contributed by atoms with Gasteiger partial charge in [0.15, 0.2) is 0 Å². The molecule has 0 radical (unpaired) electrons. The molecule has 8 nitrogen and oxygen atoms in total. The minimum atomic E-state index is -4.30. The Morgan fingerprint density at radius 2 is 0.892 bits per heavy atom. The Morgan fingerprint density at radius 3 is 1.34 bits per heavy atom. The molecule has 0 fully saturated rings. The summed E-state index contributed by atoms with van der Waals surface area (Å²) in [6.45, 7) is 5.43.